The number of ketones is 1. The molecule has 4 N–H and O–H groups in total. The van der Waals surface area contributed by atoms with E-state index in [1.54, 1.807) is 72.1 Å². The molecule has 0 radical (unpaired) electrons. The van der Waals surface area contributed by atoms with Gasteiger partial charge in [0.05, 0.1) is 12.6 Å². The minimum Gasteiger partial charge on any atom is -0.444 e. The van der Waals surface area contributed by atoms with Crippen LogP contribution in [-0.4, -0.2) is 102 Å². The van der Waals surface area contributed by atoms with Crippen molar-refractivity contribution in [1.29, 1.82) is 0 Å². The predicted molar refractivity (Wildman–Crippen MR) is 201 cm³/mol. The first-order chi connectivity index (χ1) is 24.5. The number of rotatable bonds is 16. The van der Waals surface area contributed by atoms with Gasteiger partial charge in [-0.3, -0.25) is 28.8 Å². The van der Waals surface area contributed by atoms with E-state index in [1.807, 2.05) is 20.8 Å². The van der Waals surface area contributed by atoms with E-state index in [2.05, 4.69) is 35.1 Å². The summed E-state index contributed by atoms with van der Waals surface area (Å²) in [5, 5.41) is 10.4. The molecule has 5 atom stereocenters. The highest BCUT2D eigenvalue weighted by molar-refractivity contribution is 6.38. The molecule has 1 aliphatic heterocycles. The smallest absolute Gasteiger partial charge is 0.408 e. The van der Waals surface area contributed by atoms with Gasteiger partial charge in [0.2, 0.25) is 29.4 Å². The van der Waals surface area contributed by atoms with Crippen molar-refractivity contribution in [3.63, 3.8) is 0 Å². The molecule has 6 amide bonds. The Morgan fingerprint density at radius 3 is 2.06 bits per heavy atom. The topological polar surface area (TPSA) is 183 Å². The van der Waals surface area contributed by atoms with Crippen molar-refractivity contribution in [2.75, 3.05) is 27.2 Å². The molecule has 14 heteroatoms. The van der Waals surface area contributed by atoms with Gasteiger partial charge in [-0.25, -0.2) is 4.79 Å². The van der Waals surface area contributed by atoms with Crippen LogP contribution in [0.3, 0.4) is 0 Å². The number of ether oxygens (including phenoxy) is 1. The van der Waals surface area contributed by atoms with Crippen molar-refractivity contribution >= 4 is 41.4 Å². The van der Waals surface area contributed by atoms with Crippen molar-refractivity contribution in [3.8, 4) is 0 Å². The lowest BCUT2D eigenvalue weighted by Gasteiger charge is -2.36. The summed E-state index contributed by atoms with van der Waals surface area (Å²) >= 11 is 0. The van der Waals surface area contributed by atoms with E-state index in [0.29, 0.717) is 24.3 Å². The lowest BCUT2D eigenvalue weighted by atomic mass is 9.85. The Labute approximate surface area is 314 Å². The Morgan fingerprint density at radius 1 is 0.906 bits per heavy atom. The van der Waals surface area contributed by atoms with Crippen LogP contribution in [0.2, 0.25) is 0 Å². The molecule has 0 aliphatic carbocycles. The molecule has 53 heavy (non-hydrogen) atoms. The van der Waals surface area contributed by atoms with Crippen LogP contribution in [0.25, 0.3) is 0 Å². The van der Waals surface area contributed by atoms with Gasteiger partial charge >= 0.3 is 6.09 Å². The van der Waals surface area contributed by atoms with Gasteiger partial charge in [-0.2, -0.15) is 0 Å². The predicted octanol–water partition coefficient (Wildman–Crippen LogP) is 3.50. The van der Waals surface area contributed by atoms with Crippen molar-refractivity contribution in [1.82, 2.24) is 31.1 Å². The lowest BCUT2D eigenvalue weighted by Crippen LogP contribution is -2.59. The minimum atomic E-state index is -1.21. The quantitative estimate of drug-likeness (QED) is 0.186. The van der Waals surface area contributed by atoms with Crippen molar-refractivity contribution in [3.05, 3.63) is 35.9 Å². The molecule has 0 saturated carbocycles. The summed E-state index contributed by atoms with van der Waals surface area (Å²) in [7, 11) is 3.12. The average molecular weight is 743 g/mol. The Bertz CT molecular complexity index is 1450. The van der Waals surface area contributed by atoms with Gasteiger partial charge in [-0.1, -0.05) is 84.7 Å². The van der Waals surface area contributed by atoms with Crippen LogP contribution in [0.15, 0.2) is 30.3 Å². The summed E-state index contributed by atoms with van der Waals surface area (Å²) in [6.07, 6.45) is 1.85. The van der Waals surface area contributed by atoms with Crippen LogP contribution in [-0.2, 0) is 33.5 Å². The molecule has 1 saturated heterocycles. The van der Waals surface area contributed by atoms with Crippen LogP contribution >= 0.6 is 0 Å². The zero-order valence-corrected chi connectivity index (χ0v) is 33.5. The van der Waals surface area contributed by atoms with E-state index in [9.17, 15) is 33.6 Å². The zero-order valence-electron chi connectivity index (χ0n) is 33.5. The number of benzene rings is 1. The van der Waals surface area contributed by atoms with Gasteiger partial charge in [0, 0.05) is 20.6 Å². The third kappa shape index (κ3) is 14.1. The number of hydrogen-bond acceptors (Lipinski definition) is 8. The Morgan fingerprint density at radius 2 is 1.53 bits per heavy atom. The van der Waals surface area contributed by atoms with Crippen molar-refractivity contribution in [2.24, 2.45) is 17.3 Å². The molecular formula is C39H62N6O8. The summed E-state index contributed by atoms with van der Waals surface area (Å²) in [5.74, 6) is -3.69. The van der Waals surface area contributed by atoms with Gasteiger partial charge in [-0.05, 0) is 62.8 Å². The monoisotopic (exact) mass is 742 g/mol. The number of carbonyl (C=O) groups excluding carboxylic acids is 7. The summed E-state index contributed by atoms with van der Waals surface area (Å²) in [5.41, 5.74) is -0.981. The second-order valence-electron chi connectivity index (χ2n) is 16.6. The molecule has 1 aromatic rings. The Balaban J connectivity index is 2.23. The molecule has 1 aromatic carbocycles. The summed E-state index contributed by atoms with van der Waals surface area (Å²) in [6, 6.07) is 4.45. The number of nitrogens with zero attached hydrogens (tertiary/aromatic N) is 2. The highest BCUT2D eigenvalue weighted by Gasteiger charge is 2.46. The molecule has 0 aromatic heterocycles. The maximum Gasteiger partial charge on any atom is 0.408 e. The average Bonchev–Trinajstić information content (AvgIpc) is 3.50. The van der Waals surface area contributed by atoms with Crippen molar-refractivity contribution < 1.29 is 38.3 Å². The number of hydrogen-bond donors (Lipinski definition) is 4. The highest BCUT2D eigenvalue weighted by Crippen LogP contribution is 2.32. The van der Waals surface area contributed by atoms with Crippen LogP contribution in [0.1, 0.15) is 106 Å². The molecule has 0 spiro atoms. The molecule has 1 heterocycles. The van der Waals surface area contributed by atoms with Crippen LogP contribution in [0, 0.1) is 17.3 Å². The van der Waals surface area contributed by atoms with Crippen LogP contribution in [0.5, 0.6) is 0 Å². The Kier molecular flexibility index (Phi) is 16.5. The molecule has 2 rings (SSSR count). The number of likely N-dealkylation sites (N-methyl/N-ethyl adjacent to an activating group) is 1. The van der Waals surface area contributed by atoms with Gasteiger partial charge in [-0.15, -0.1) is 0 Å². The van der Waals surface area contributed by atoms with Gasteiger partial charge < -0.3 is 35.8 Å². The van der Waals surface area contributed by atoms with Crippen molar-refractivity contribution in [2.45, 2.75) is 124 Å². The number of Topliss-reactive ketones (excluding diaryl/α,β-unsaturated/α-hetero) is 1. The van der Waals surface area contributed by atoms with Gasteiger partial charge in [0.15, 0.2) is 0 Å². The second kappa shape index (κ2) is 19.5. The molecule has 1 aliphatic rings. The fourth-order valence-corrected chi connectivity index (χ4v) is 6.07. The van der Waals surface area contributed by atoms with Gasteiger partial charge in [0.25, 0.3) is 5.91 Å². The molecule has 5 unspecified atom stereocenters. The van der Waals surface area contributed by atoms with Crippen LogP contribution < -0.4 is 21.3 Å². The number of likely N-dealkylation sites (tertiary alicyclic amines) is 1. The van der Waals surface area contributed by atoms with Crippen LogP contribution in [0.4, 0.5) is 4.79 Å². The summed E-state index contributed by atoms with van der Waals surface area (Å²) in [6.45, 7) is 16.3. The SMILES string of the molecule is CCCC(NC(=O)C1CC(CCC(C)C)CN1C(=O)C(NC(=O)OC(C)(C)C)C(C)(C)C)C(=O)C(=O)NCC(=O)NC(C(=O)N(C)C)c1ccccc1. The lowest BCUT2D eigenvalue weighted by molar-refractivity contribution is -0.144. The van der Waals surface area contributed by atoms with E-state index in [4.69, 9.17) is 4.74 Å². The number of nitrogens with one attached hydrogen (secondary N) is 4. The fourth-order valence-electron chi connectivity index (χ4n) is 6.07. The number of amides is 6. The minimum absolute atomic E-state index is 0.000437. The second-order valence-corrected chi connectivity index (χ2v) is 16.6. The van der Waals surface area contributed by atoms with E-state index in [0.717, 1.165) is 12.8 Å². The number of alkyl carbamates (subject to hydrolysis) is 1. The third-order valence-electron chi connectivity index (χ3n) is 8.87. The Hall–Kier alpha value is -4.49. The zero-order chi connectivity index (χ0) is 40.3. The van der Waals surface area contributed by atoms with E-state index < -0.39 is 77.2 Å². The molecule has 1 fully saturated rings. The number of carbonyl (C=O) groups is 7. The maximum absolute atomic E-state index is 14.2. The summed E-state index contributed by atoms with van der Waals surface area (Å²) in [4.78, 5) is 96.0. The first kappa shape index (κ1) is 44.7. The first-order valence-electron chi connectivity index (χ1n) is 18.5. The molecule has 14 nitrogen and oxygen atoms in total. The van der Waals surface area contributed by atoms with E-state index in [-0.39, 0.29) is 24.8 Å². The largest absolute Gasteiger partial charge is 0.444 e. The van der Waals surface area contributed by atoms with Gasteiger partial charge in [0.1, 0.15) is 23.7 Å². The molecular weight excluding hydrogens is 680 g/mol. The molecule has 0 bridgehead atoms. The normalized spacial score (nSPS) is 17.6. The standard InChI is InChI=1S/C39H62N6O8/c1-12-16-27(31(47)34(49)40-22-29(46)42-30(35(50)44(10)11)26-17-14-13-15-18-26)41-33(48)28-21-25(20-19-24(2)3)23-45(28)36(51)32(38(4,5)6)43-37(52)53-39(7,8)9/h13-15,17-18,24-25,27-28,30,32H,12,16,19-23H2,1-11H3,(H,40,49)(H,41,48)(H,42,46)(H,43,52). The van der Waals surface area contributed by atoms with E-state index in [1.165, 1.54) is 9.80 Å². The third-order valence-corrected chi connectivity index (χ3v) is 8.87. The first-order valence-corrected chi connectivity index (χ1v) is 18.5. The summed E-state index contributed by atoms with van der Waals surface area (Å²) < 4.78 is 5.44. The maximum atomic E-state index is 14.2. The van der Waals surface area contributed by atoms with E-state index >= 15 is 0 Å². The fraction of sp³-hybridized carbons (Fsp3) is 0.667. The highest BCUT2D eigenvalue weighted by atomic mass is 16.6. The molecule has 296 valence electrons.